The second-order valence-electron chi connectivity index (χ2n) is 4.61. The lowest BCUT2D eigenvalue weighted by molar-refractivity contribution is 0.410. The Morgan fingerprint density at radius 1 is 1.16 bits per heavy atom. The number of hydrogen-bond acceptors (Lipinski definition) is 3. The van der Waals surface area contributed by atoms with Crippen molar-refractivity contribution in [2.24, 2.45) is 0 Å². The minimum absolute atomic E-state index is 0.321. The van der Waals surface area contributed by atoms with E-state index in [2.05, 4.69) is 15.9 Å². The Balaban J connectivity index is 2.30. The highest BCUT2D eigenvalue weighted by Gasteiger charge is 2.25. The zero-order valence-corrected chi connectivity index (χ0v) is 13.3. The Kier molecular flexibility index (Phi) is 4.86. The molecule has 0 N–H and O–H groups in total. The van der Waals surface area contributed by atoms with Crippen molar-refractivity contribution in [3.63, 3.8) is 0 Å². The SMILES string of the molecule is COc1ccc(S(=O)(=O)N2CCCCCC2)cc1Br. The number of nitrogens with zero attached hydrogens (tertiary/aromatic N) is 1. The third kappa shape index (κ3) is 3.30. The average Bonchev–Trinajstić information content (AvgIpc) is 2.67. The molecule has 4 nitrogen and oxygen atoms in total. The molecule has 0 bridgehead atoms. The molecule has 19 heavy (non-hydrogen) atoms. The molecule has 1 fully saturated rings. The summed E-state index contributed by atoms with van der Waals surface area (Å²) in [6.45, 7) is 1.23. The Labute approximate surface area is 122 Å². The van der Waals surface area contributed by atoms with E-state index in [-0.39, 0.29) is 0 Å². The van der Waals surface area contributed by atoms with E-state index >= 15 is 0 Å². The Morgan fingerprint density at radius 3 is 2.32 bits per heavy atom. The molecule has 1 heterocycles. The Bertz CT molecular complexity index is 537. The Morgan fingerprint density at radius 2 is 1.79 bits per heavy atom. The van der Waals surface area contributed by atoms with E-state index in [0.717, 1.165) is 25.7 Å². The van der Waals surface area contributed by atoms with Crippen molar-refractivity contribution in [1.82, 2.24) is 4.31 Å². The maximum absolute atomic E-state index is 12.6. The van der Waals surface area contributed by atoms with Gasteiger partial charge >= 0.3 is 0 Å². The van der Waals surface area contributed by atoms with Crippen LogP contribution in [0.5, 0.6) is 5.75 Å². The van der Waals surface area contributed by atoms with E-state index in [9.17, 15) is 8.42 Å². The van der Waals surface area contributed by atoms with Crippen LogP contribution in [0.25, 0.3) is 0 Å². The van der Waals surface area contributed by atoms with Crippen molar-refractivity contribution in [2.75, 3.05) is 20.2 Å². The molecule has 0 unspecified atom stereocenters. The third-order valence-corrected chi connectivity index (χ3v) is 5.84. The maximum atomic E-state index is 12.6. The van der Waals surface area contributed by atoms with Gasteiger partial charge in [-0.2, -0.15) is 4.31 Å². The molecule has 0 radical (unpaired) electrons. The highest BCUT2D eigenvalue weighted by atomic mass is 79.9. The zero-order valence-electron chi connectivity index (χ0n) is 10.9. The average molecular weight is 348 g/mol. The smallest absolute Gasteiger partial charge is 0.243 e. The summed E-state index contributed by atoms with van der Waals surface area (Å²) in [5.41, 5.74) is 0. The van der Waals surface area contributed by atoms with Crippen LogP contribution in [-0.4, -0.2) is 32.9 Å². The molecule has 1 aliphatic rings. The number of benzene rings is 1. The van der Waals surface area contributed by atoms with E-state index in [1.807, 2.05) is 0 Å². The molecule has 1 aromatic rings. The molecule has 2 rings (SSSR count). The van der Waals surface area contributed by atoms with Crippen molar-refractivity contribution < 1.29 is 13.2 Å². The molecular weight excluding hydrogens is 330 g/mol. The van der Waals surface area contributed by atoms with Crippen molar-refractivity contribution >= 4 is 26.0 Å². The maximum Gasteiger partial charge on any atom is 0.243 e. The molecule has 0 aromatic heterocycles. The van der Waals surface area contributed by atoms with E-state index in [1.54, 1.807) is 29.6 Å². The van der Waals surface area contributed by atoms with Gasteiger partial charge in [-0.1, -0.05) is 12.8 Å². The van der Waals surface area contributed by atoms with Gasteiger partial charge in [0.1, 0.15) is 5.75 Å². The van der Waals surface area contributed by atoms with E-state index in [4.69, 9.17) is 4.74 Å². The fraction of sp³-hybridized carbons (Fsp3) is 0.538. The van der Waals surface area contributed by atoms with E-state index < -0.39 is 10.0 Å². The summed E-state index contributed by atoms with van der Waals surface area (Å²) in [5.74, 6) is 0.634. The molecule has 0 atom stereocenters. The van der Waals surface area contributed by atoms with Crippen LogP contribution in [0.1, 0.15) is 25.7 Å². The highest BCUT2D eigenvalue weighted by molar-refractivity contribution is 9.10. The van der Waals surface area contributed by atoms with Crippen molar-refractivity contribution in [2.45, 2.75) is 30.6 Å². The number of sulfonamides is 1. The topological polar surface area (TPSA) is 46.6 Å². The van der Waals surface area contributed by atoms with E-state index in [1.165, 1.54) is 0 Å². The number of ether oxygens (including phenoxy) is 1. The molecular formula is C13H18BrNO3S. The van der Waals surface area contributed by atoms with Crippen LogP contribution in [0.3, 0.4) is 0 Å². The molecule has 6 heteroatoms. The van der Waals surface area contributed by atoms with Gasteiger partial charge in [0, 0.05) is 13.1 Å². The first-order chi connectivity index (χ1) is 9.05. The third-order valence-electron chi connectivity index (χ3n) is 3.33. The van der Waals surface area contributed by atoms with Crippen LogP contribution >= 0.6 is 15.9 Å². The molecule has 106 valence electrons. The predicted molar refractivity (Wildman–Crippen MR) is 77.9 cm³/mol. The molecule has 0 amide bonds. The molecule has 1 aliphatic heterocycles. The molecule has 1 aromatic carbocycles. The molecule has 1 saturated heterocycles. The predicted octanol–water partition coefficient (Wildman–Crippen LogP) is 3.02. The second-order valence-corrected chi connectivity index (χ2v) is 7.41. The summed E-state index contributed by atoms with van der Waals surface area (Å²) in [5, 5.41) is 0. The van der Waals surface area contributed by atoms with Crippen LogP contribution in [0.15, 0.2) is 27.6 Å². The first-order valence-corrected chi connectivity index (χ1v) is 8.62. The fourth-order valence-corrected chi connectivity index (χ4v) is 4.47. The first kappa shape index (κ1) is 14.8. The van der Waals surface area contributed by atoms with Crippen LogP contribution in [-0.2, 0) is 10.0 Å². The van der Waals surface area contributed by atoms with Crippen LogP contribution < -0.4 is 4.74 Å². The standard InChI is InChI=1S/C13H18BrNO3S/c1-18-13-7-6-11(10-12(13)14)19(16,17)15-8-4-2-3-5-9-15/h6-7,10H,2-5,8-9H2,1H3. The zero-order chi connectivity index (χ0) is 13.9. The Hall–Kier alpha value is -0.590. The monoisotopic (exact) mass is 347 g/mol. The molecule has 0 spiro atoms. The summed E-state index contributed by atoms with van der Waals surface area (Å²) in [6.07, 6.45) is 4.10. The summed E-state index contributed by atoms with van der Waals surface area (Å²) in [7, 11) is -1.83. The number of halogens is 1. The first-order valence-electron chi connectivity index (χ1n) is 6.39. The largest absolute Gasteiger partial charge is 0.496 e. The van der Waals surface area contributed by atoms with Gasteiger partial charge in [-0.15, -0.1) is 0 Å². The normalized spacial score (nSPS) is 18.0. The fourth-order valence-electron chi connectivity index (χ4n) is 2.24. The second kappa shape index (κ2) is 6.24. The quantitative estimate of drug-likeness (QED) is 0.844. The lowest BCUT2D eigenvalue weighted by atomic mass is 10.2. The van der Waals surface area contributed by atoms with Gasteiger partial charge in [0.15, 0.2) is 0 Å². The summed E-state index contributed by atoms with van der Waals surface area (Å²) in [4.78, 5) is 0.321. The minimum Gasteiger partial charge on any atom is -0.496 e. The van der Waals surface area contributed by atoms with Crippen LogP contribution in [0, 0.1) is 0 Å². The van der Waals surface area contributed by atoms with E-state index in [0.29, 0.717) is 28.2 Å². The molecule has 0 saturated carbocycles. The van der Waals surface area contributed by atoms with Gasteiger partial charge < -0.3 is 4.74 Å². The van der Waals surface area contributed by atoms with Crippen molar-refractivity contribution in [3.8, 4) is 5.75 Å². The van der Waals surface area contributed by atoms with Gasteiger partial charge in [-0.05, 0) is 47.0 Å². The highest BCUT2D eigenvalue weighted by Crippen LogP contribution is 2.29. The lowest BCUT2D eigenvalue weighted by Crippen LogP contribution is -2.31. The summed E-state index contributed by atoms with van der Waals surface area (Å²) >= 11 is 3.33. The van der Waals surface area contributed by atoms with Gasteiger partial charge in [-0.3, -0.25) is 0 Å². The van der Waals surface area contributed by atoms with Crippen molar-refractivity contribution in [1.29, 1.82) is 0 Å². The number of rotatable bonds is 3. The van der Waals surface area contributed by atoms with Gasteiger partial charge in [-0.25, -0.2) is 8.42 Å². The van der Waals surface area contributed by atoms with Gasteiger partial charge in [0.05, 0.1) is 16.5 Å². The summed E-state index contributed by atoms with van der Waals surface area (Å²) < 4.78 is 32.5. The number of methoxy groups -OCH3 is 1. The minimum atomic E-state index is -3.39. The number of hydrogen-bond donors (Lipinski definition) is 0. The van der Waals surface area contributed by atoms with Crippen LogP contribution in [0.4, 0.5) is 0 Å². The summed E-state index contributed by atoms with van der Waals surface area (Å²) in [6, 6.07) is 4.89. The van der Waals surface area contributed by atoms with Gasteiger partial charge in [0.2, 0.25) is 10.0 Å². The van der Waals surface area contributed by atoms with Gasteiger partial charge in [0.25, 0.3) is 0 Å². The molecule has 0 aliphatic carbocycles. The van der Waals surface area contributed by atoms with Crippen molar-refractivity contribution in [3.05, 3.63) is 22.7 Å². The van der Waals surface area contributed by atoms with Crippen LogP contribution in [0.2, 0.25) is 0 Å². The lowest BCUT2D eigenvalue weighted by Gasteiger charge is -2.20.